The predicted molar refractivity (Wildman–Crippen MR) is 128 cm³/mol. The summed E-state index contributed by atoms with van der Waals surface area (Å²) in [6.07, 6.45) is 1.05. The fourth-order valence-corrected chi connectivity index (χ4v) is 6.55. The number of hydrogen-bond donors (Lipinski definition) is 1. The average Bonchev–Trinajstić information content (AvgIpc) is 2.74. The van der Waals surface area contributed by atoms with E-state index in [4.69, 9.17) is 11.6 Å². The van der Waals surface area contributed by atoms with Crippen LogP contribution >= 0.6 is 11.6 Å². The van der Waals surface area contributed by atoms with E-state index in [0.717, 1.165) is 21.9 Å². The minimum absolute atomic E-state index is 0.0145. The van der Waals surface area contributed by atoms with Crippen molar-refractivity contribution in [1.29, 1.82) is 0 Å². The Labute approximate surface area is 197 Å². The van der Waals surface area contributed by atoms with Gasteiger partial charge in [-0.15, -0.1) is 0 Å². The quantitative estimate of drug-likeness (QED) is 0.511. The third-order valence-electron chi connectivity index (χ3n) is 6.36. The highest BCUT2D eigenvalue weighted by Crippen LogP contribution is 2.38. The van der Waals surface area contributed by atoms with E-state index in [2.05, 4.69) is 0 Å². The van der Waals surface area contributed by atoms with Crippen LogP contribution in [0.4, 0.5) is 4.39 Å². The second-order valence-electron chi connectivity index (χ2n) is 8.57. The number of hydrogen-bond acceptors (Lipinski definition) is 3. The monoisotopic (exact) mass is 489 g/mol. The highest BCUT2D eigenvalue weighted by atomic mass is 35.5. The van der Waals surface area contributed by atoms with Crippen molar-refractivity contribution in [2.75, 3.05) is 13.1 Å². The van der Waals surface area contributed by atoms with Crippen molar-refractivity contribution in [3.8, 4) is 0 Å². The van der Waals surface area contributed by atoms with Crippen LogP contribution in [-0.4, -0.2) is 36.9 Å². The Bertz CT molecular complexity index is 1320. The molecule has 3 aromatic rings. The summed E-state index contributed by atoms with van der Waals surface area (Å²) in [4.78, 5) is 11.4. The largest absolute Gasteiger partial charge is 0.481 e. The molecule has 1 fully saturated rings. The second kappa shape index (κ2) is 9.41. The van der Waals surface area contributed by atoms with Gasteiger partial charge in [0.15, 0.2) is 0 Å². The second-order valence-corrected chi connectivity index (χ2v) is 11.0. The maximum Gasteiger partial charge on any atom is 0.307 e. The first kappa shape index (κ1) is 23.7. The molecule has 3 aromatic carbocycles. The lowest BCUT2D eigenvalue weighted by atomic mass is 9.82. The van der Waals surface area contributed by atoms with Gasteiger partial charge in [0.25, 0.3) is 0 Å². The summed E-state index contributed by atoms with van der Waals surface area (Å²) in [5, 5.41) is 11.4. The van der Waals surface area contributed by atoms with Crippen molar-refractivity contribution < 1.29 is 22.7 Å². The molecule has 174 valence electrons. The summed E-state index contributed by atoms with van der Waals surface area (Å²) in [5.74, 6) is -1.37. The van der Waals surface area contributed by atoms with Crippen LogP contribution in [0.25, 0.3) is 10.8 Å². The summed E-state index contributed by atoms with van der Waals surface area (Å²) in [6.45, 7) is 2.58. The minimum atomic E-state index is -3.51. The maximum absolute atomic E-state index is 14.1. The number of nitrogens with zero attached hydrogens (tertiary/aromatic N) is 1. The molecule has 0 atom stereocenters. The fraction of sp³-hybridized carbons (Fsp3) is 0.320. The molecule has 0 bridgehead atoms. The SMILES string of the molecule is Cc1c(CC(=O)O)cc2ccc(F)cc2c1C1CCN(S(=O)(=O)Cc2cccc(Cl)c2)CC1. The van der Waals surface area contributed by atoms with Gasteiger partial charge in [-0.3, -0.25) is 4.79 Å². The van der Waals surface area contributed by atoms with E-state index in [-0.39, 0.29) is 23.9 Å². The molecular weight excluding hydrogens is 465 g/mol. The zero-order valence-electron chi connectivity index (χ0n) is 18.2. The van der Waals surface area contributed by atoms with Gasteiger partial charge in [-0.05, 0) is 83.0 Å². The number of benzene rings is 3. The molecular formula is C25H25ClFNO4S. The van der Waals surface area contributed by atoms with Gasteiger partial charge in [0.05, 0.1) is 12.2 Å². The van der Waals surface area contributed by atoms with Crippen LogP contribution in [0.15, 0.2) is 48.5 Å². The summed E-state index contributed by atoms with van der Waals surface area (Å²) in [5.41, 5.74) is 3.11. The molecule has 0 aromatic heterocycles. The molecule has 5 nitrogen and oxygen atoms in total. The molecule has 1 aliphatic rings. The van der Waals surface area contributed by atoms with Gasteiger partial charge in [0.2, 0.25) is 10.0 Å². The molecule has 0 unspecified atom stereocenters. The van der Waals surface area contributed by atoms with E-state index in [1.807, 2.05) is 13.0 Å². The molecule has 1 heterocycles. The van der Waals surface area contributed by atoms with Crippen LogP contribution in [0.5, 0.6) is 0 Å². The van der Waals surface area contributed by atoms with Gasteiger partial charge in [-0.1, -0.05) is 35.9 Å². The van der Waals surface area contributed by atoms with Crippen LogP contribution < -0.4 is 0 Å². The van der Waals surface area contributed by atoms with Crippen LogP contribution in [0.3, 0.4) is 0 Å². The number of carbonyl (C=O) groups is 1. The van der Waals surface area contributed by atoms with Crippen LogP contribution in [0, 0.1) is 12.7 Å². The number of carboxylic acid groups (broad SMARTS) is 1. The minimum Gasteiger partial charge on any atom is -0.481 e. The number of rotatable bonds is 6. The molecule has 0 amide bonds. The van der Waals surface area contributed by atoms with Gasteiger partial charge in [0, 0.05) is 18.1 Å². The normalized spacial score (nSPS) is 15.7. The third-order valence-corrected chi connectivity index (χ3v) is 8.44. The number of fused-ring (bicyclic) bond motifs is 1. The summed E-state index contributed by atoms with van der Waals surface area (Å²) >= 11 is 5.99. The first-order valence-electron chi connectivity index (χ1n) is 10.8. The van der Waals surface area contributed by atoms with Gasteiger partial charge >= 0.3 is 5.97 Å². The number of sulfonamides is 1. The Hall–Kier alpha value is -2.48. The number of halogens is 2. The summed E-state index contributed by atoms with van der Waals surface area (Å²) < 4.78 is 41.5. The van der Waals surface area contributed by atoms with E-state index in [9.17, 15) is 22.7 Å². The van der Waals surface area contributed by atoms with Crippen molar-refractivity contribution in [2.24, 2.45) is 0 Å². The van der Waals surface area contributed by atoms with E-state index < -0.39 is 16.0 Å². The van der Waals surface area contributed by atoms with Crippen molar-refractivity contribution in [3.63, 3.8) is 0 Å². The molecule has 1 aliphatic heterocycles. The standard InChI is InChI=1S/C25H25ClFNO4S/c1-16-20(13-24(29)30)12-19-5-6-22(27)14-23(19)25(16)18-7-9-28(10-8-18)33(31,32)15-17-3-2-4-21(26)11-17/h2-6,11-12,14,18H,7-10,13,15H2,1H3,(H,29,30). The van der Waals surface area contributed by atoms with E-state index in [1.54, 1.807) is 30.3 Å². The topological polar surface area (TPSA) is 74.7 Å². The Kier molecular flexibility index (Phi) is 6.75. The van der Waals surface area contributed by atoms with E-state index in [0.29, 0.717) is 42.1 Å². The maximum atomic E-state index is 14.1. The van der Waals surface area contributed by atoms with Crippen LogP contribution in [0.2, 0.25) is 5.02 Å². The molecule has 8 heteroatoms. The molecule has 0 saturated carbocycles. The molecule has 0 radical (unpaired) electrons. The lowest BCUT2D eigenvalue weighted by molar-refractivity contribution is -0.136. The first-order chi connectivity index (χ1) is 15.6. The van der Waals surface area contributed by atoms with Gasteiger partial charge in [-0.25, -0.2) is 17.1 Å². The molecule has 1 saturated heterocycles. The smallest absolute Gasteiger partial charge is 0.307 e. The molecule has 0 spiro atoms. The molecule has 1 N–H and O–H groups in total. The first-order valence-corrected chi connectivity index (χ1v) is 12.8. The van der Waals surface area contributed by atoms with E-state index in [1.165, 1.54) is 16.4 Å². The van der Waals surface area contributed by atoms with Crippen molar-refractivity contribution in [1.82, 2.24) is 4.31 Å². The Morgan fingerprint density at radius 2 is 1.88 bits per heavy atom. The third kappa shape index (κ3) is 5.21. The fourth-order valence-electron chi connectivity index (χ4n) is 4.78. The number of aliphatic carboxylic acids is 1. The van der Waals surface area contributed by atoms with Crippen LogP contribution in [-0.2, 0) is 27.0 Å². The van der Waals surface area contributed by atoms with Crippen LogP contribution in [0.1, 0.15) is 41.0 Å². The summed E-state index contributed by atoms with van der Waals surface area (Å²) in [6, 6.07) is 13.2. The van der Waals surface area contributed by atoms with Crippen molar-refractivity contribution in [2.45, 2.75) is 37.9 Å². The lowest BCUT2D eigenvalue weighted by Crippen LogP contribution is -2.38. The predicted octanol–water partition coefficient (Wildman–Crippen LogP) is 5.28. The molecule has 4 rings (SSSR count). The highest BCUT2D eigenvalue weighted by Gasteiger charge is 2.31. The summed E-state index contributed by atoms with van der Waals surface area (Å²) in [7, 11) is -3.51. The van der Waals surface area contributed by atoms with Crippen molar-refractivity contribution >= 4 is 38.4 Å². The zero-order valence-corrected chi connectivity index (χ0v) is 19.8. The van der Waals surface area contributed by atoms with Crippen molar-refractivity contribution in [3.05, 3.63) is 81.6 Å². The Balaban J connectivity index is 1.60. The zero-order chi connectivity index (χ0) is 23.8. The van der Waals surface area contributed by atoms with E-state index >= 15 is 0 Å². The number of carboxylic acids is 1. The highest BCUT2D eigenvalue weighted by molar-refractivity contribution is 7.88. The van der Waals surface area contributed by atoms with Gasteiger partial charge in [0.1, 0.15) is 5.82 Å². The molecule has 0 aliphatic carbocycles. The van der Waals surface area contributed by atoms with Gasteiger partial charge < -0.3 is 5.11 Å². The average molecular weight is 490 g/mol. The lowest BCUT2D eigenvalue weighted by Gasteiger charge is -2.33. The molecule has 33 heavy (non-hydrogen) atoms. The number of piperidine rings is 1. The van der Waals surface area contributed by atoms with Gasteiger partial charge in [-0.2, -0.15) is 0 Å². The Morgan fingerprint density at radius 1 is 1.15 bits per heavy atom. The Morgan fingerprint density at radius 3 is 2.55 bits per heavy atom.